The molecule has 210 valence electrons. The molecule has 0 saturated heterocycles. The molecular weight excluding hydrogens is 492 g/mol. The molecule has 0 rings (SSSR count). The highest BCUT2D eigenvalue weighted by Gasteiger charge is 2.31. The summed E-state index contributed by atoms with van der Waals surface area (Å²) in [6, 6.07) is -5.35. The third-order valence-corrected chi connectivity index (χ3v) is 5.44. The Morgan fingerprint density at radius 3 is 1.81 bits per heavy atom. The van der Waals surface area contributed by atoms with Gasteiger partial charge >= 0.3 is 11.9 Å². The molecule has 0 aliphatic heterocycles. The van der Waals surface area contributed by atoms with Crippen LogP contribution < -0.4 is 38.9 Å². The number of hydrogen-bond acceptors (Lipinski definition) is 8. The van der Waals surface area contributed by atoms with Gasteiger partial charge in [0.1, 0.15) is 18.1 Å². The molecule has 13 N–H and O–H groups in total. The van der Waals surface area contributed by atoms with Gasteiger partial charge in [-0.1, -0.05) is 20.3 Å². The molecule has 0 aliphatic rings. The summed E-state index contributed by atoms with van der Waals surface area (Å²) in [4.78, 5) is 75.7. The van der Waals surface area contributed by atoms with Crippen LogP contribution in [0.2, 0.25) is 0 Å². The van der Waals surface area contributed by atoms with Crippen molar-refractivity contribution in [2.75, 3.05) is 6.54 Å². The van der Waals surface area contributed by atoms with Crippen molar-refractivity contribution >= 4 is 41.5 Å². The van der Waals surface area contributed by atoms with Crippen LogP contribution >= 0.6 is 0 Å². The van der Waals surface area contributed by atoms with Gasteiger partial charge in [0.05, 0.1) is 12.5 Å². The maximum atomic E-state index is 13.1. The highest BCUT2D eigenvalue weighted by Crippen LogP contribution is 2.08. The average Bonchev–Trinajstić information content (AvgIpc) is 2.80. The second kappa shape index (κ2) is 16.7. The first-order valence-corrected chi connectivity index (χ1v) is 11.6. The van der Waals surface area contributed by atoms with E-state index in [4.69, 9.17) is 28.0 Å². The number of amides is 4. The molecule has 0 spiro atoms. The maximum absolute atomic E-state index is 13.1. The lowest BCUT2D eigenvalue weighted by Crippen LogP contribution is -2.57. The number of aliphatic imine (C=N–C) groups is 1. The van der Waals surface area contributed by atoms with Gasteiger partial charge in [0.2, 0.25) is 23.6 Å². The molecule has 0 fully saturated rings. The van der Waals surface area contributed by atoms with Crippen LogP contribution in [0.4, 0.5) is 0 Å². The number of nitrogens with two attached hydrogens (primary N) is 4. The number of nitrogens with one attached hydrogen (secondary N) is 3. The number of primary amides is 1. The third-order valence-electron chi connectivity index (χ3n) is 5.44. The second-order valence-corrected chi connectivity index (χ2v) is 8.48. The van der Waals surface area contributed by atoms with Crippen molar-refractivity contribution < 1.29 is 39.0 Å². The number of aliphatic carboxylic acids is 2. The fraction of sp³-hybridized carbons (Fsp3) is 0.667. The molecule has 0 aromatic rings. The van der Waals surface area contributed by atoms with Gasteiger partial charge in [-0.3, -0.25) is 29.0 Å². The number of carbonyl (C=O) groups excluding carboxylic acids is 4. The van der Waals surface area contributed by atoms with Crippen molar-refractivity contribution in [1.29, 1.82) is 0 Å². The summed E-state index contributed by atoms with van der Waals surface area (Å²) < 4.78 is 0. The Morgan fingerprint density at radius 2 is 1.35 bits per heavy atom. The number of rotatable bonds is 18. The Hall–Kier alpha value is -3.95. The zero-order valence-electron chi connectivity index (χ0n) is 20.9. The number of carboxylic acids is 2. The molecule has 4 amide bonds. The standard InChI is InChI=1S/C21H38N8O8/c1-3-10(2)16(23)19(35)28-11(5-4-8-26-21(24)25)17(33)27-12(6-7-14(22)30)18(34)29-13(20(36)37)9-15(31)32/h10-13,16H,3-9,23H2,1-2H3,(H2,22,30)(H,27,33)(H,28,35)(H,29,34)(H,31,32)(H,36,37)(H4,24,25,26). The van der Waals surface area contributed by atoms with Crippen LogP contribution in [0.1, 0.15) is 52.4 Å². The van der Waals surface area contributed by atoms with Gasteiger partial charge in [-0.2, -0.15) is 0 Å². The Bertz CT molecular complexity index is 861. The molecule has 0 aromatic heterocycles. The fourth-order valence-corrected chi connectivity index (χ4v) is 3.03. The summed E-state index contributed by atoms with van der Waals surface area (Å²) in [5.74, 6) is -6.74. The van der Waals surface area contributed by atoms with Gasteiger partial charge in [-0.25, -0.2) is 4.79 Å². The fourth-order valence-electron chi connectivity index (χ4n) is 3.03. The Morgan fingerprint density at radius 1 is 0.838 bits per heavy atom. The topological polar surface area (TPSA) is 295 Å². The van der Waals surface area contributed by atoms with E-state index in [2.05, 4.69) is 15.6 Å². The van der Waals surface area contributed by atoms with Crippen molar-refractivity contribution in [1.82, 2.24) is 16.0 Å². The van der Waals surface area contributed by atoms with Crippen LogP contribution in [0, 0.1) is 5.92 Å². The van der Waals surface area contributed by atoms with Gasteiger partial charge < -0.3 is 49.1 Å². The van der Waals surface area contributed by atoms with Crippen LogP contribution in [0.3, 0.4) is 0 Å². The summed E-state index contributed by atoms with van der Waals surface area (Å²) in [5.41, 5.74) is 21.7. The average molecular weight is 531 g/mol. The molecule has 0 saturated carbocycles. The van der Waals surface area contributed by atoms with E-state index >= 15 is 0 Å². The minimum Gasteiger partial charge on any atom is -0.481 e. The predicted octanol–water partition coefficient (Wildman–Crippen LogP) is -3.31. The lowest BCUT2D eigenvalue weighted by atomic mass is 9.98. The Balaban J connectivity index is 5.74. The number of carbonyl (C=O) groups is 6. The number of nitrogens with zero attached hydrogens (tertiary/aromatic N) is 1. The molecule has 16 nitrogen and oxygen atoms in total. The molecule has 0 heterocycles. The summed E-state index contributed by atoms with van der Waals surface area (Å²) in [5, 5.41) is 25.0. The van der Waals surface area contributed by atoms with Crippen molar-refractivity contribution in [3.05, 3.63) is 0 Å². The van der Waals surface area contributed by atoms with Crippen molar-refractivity contribution in [3.8, 4) is 0 Å². The van der Waals surface area contributed by atoms with Crippen LogP contribution in [0.5, 0.6) is 0 Å². The number of guanidine groups is 1. The Labute approximate surface area is 214 Å². The van der Waals surface area contributed by atoms with Gasteiger partial charge in [-0.15, -0.1) is 0 Å². The largest absolute Gasteiger partial charge is 0.481 e. The lowest BCUT2D eigenvalue weighted by molar-refractivity contribution is -0.147. The highest BCUT2D eigenvalue weighted by molar-refractivity contribution is 5.95. The molecule has 0 radical (unpaired) electrons. The first kappa shape index (κ1) is 33.0. The summed E-state index contributed by atoms with van der Waals surface area (Å²) in [6.45, 7) is 3.74. The van der Waals surface area contributed by atoms with E-state index in [1.54, 1.807) is 6.92 Å². The smallest absolute Gasteiger partial charge is 0.326 e. The molecule has 5 atom stereocenters. The van der Waals surface area contributed by atoms with E-state index in [9.17, 15) is 33.9 Å². The minimum absolute atomic E-state index is 0.0441. The van der Waals surface area contributed by atoms with E-state index in [0.717, 1.165) is 0 Å². The van der Waals surface area contributed by atoms with Gasteiger partial charge in [0, 0.05) is 13.0 Å². The van der Waals surface area contributed by atoms with E-state index < -0.39 is 66.2 Å². The van der Waals surface area contributed by atoms with E-state index in [1.807, 2.05) is 12.2 Å². The third kappa shape index (κ3) is 13.6. The highest BCUT2D eigenvalue weighted by atomic mass is 16.4. The number of carboxylic acid groups (broad SMARTS) is 2. The summed E-state index contributed by atoms with van der Waals surface area (Å²) >= 11 is 0. The molecule has 37 heavy (non-hydrogen) atoms. The molecule has 0 aromatic carbocycles. The van der Waals surface area contributed by atoms with Crippen molar-refractivity contribution in [3.63, 3.8) is 0 Å². The first-order valence-electron chi connectivity index (χ1n) is 11.6. The lowest BCUT2D eigenvalue weighted by Gasteiger charge is -2.26. The van der Waals surface area contributed by atoms with Crippen molar-refractivity contribution in [2.24, 2.45) is 33.8 Å². The number of hydrogen-bond donors (Lipinski definition) is 9. The predicted molar refractivity (Wildman–Crippen MR) is 131 cm³/mol. The zero-order valence-corrected chi connectivity index (χ0v) is 20.9. The second-order valence-electron chi connectivity index (χ2n) is 8.48. The maximum Gasteiger partial charge on any atom is 0.326 e. The quantitative estimate of drug-likeness (QED) is 0.0480. The van der Waals surface area contributed by atoms with Gasteiger partial charge in [0.15, 0.2) is 5.96 Å². The SMILES string of the molecule is CCC(C)C(N)C(=O)NC(CCCN=C(N)N)C(=O)NC(CCC(N)=O)C(=O)NC(CC(=O)O)C(=O)O. The Kier molecular flexibility index (Phi) is 14.9. The van der Waals surface area contributed by atoms with Crippen molar-refractivity contribution in [2.45, 2.75) is 76.5 Å². The monoisotopic (exact) mass is 530 g/mol. The van der Waals surface area contributed by atoms with Crippen LogP contribution in [-0.4, -0.2) is 82.5 Å². The summed E-state index contributed by atoms with van der Waals surface area (Å²) in [7, 11) is 0. The summed E-state index contributed by atoms with van der Waals surface area (Å²) in [6.07, 6.45) is -0.682. The first-order chi connectivity index (χ1) is 17.2. The minimum atomic E-state index is -1.79. The van der Waals surface area contributed by atoms with Crippen LogP contribution in [-0.2, 0) is 28.8 Å². The van der Waals surface area contributed by atoms with Crippen LogP contribution in [0.25, 0.3) is 0 Å². The zero-order chi connectivity index (χ0) is 28.7. The van der Waals surface area contributed by atoms with Gasteiger partial charge in [0.25, 0.3) is 0 Å². The molecule has 0 aliphatic carbocycles. The van der Waals surface area contributed by atoms with E-state index in [0.29, 0.717) is 6.42 Å². The molecule has 5 unspecified atom stereocenters. The molecular formula is C21H38N8O8. The van der Waals surface area contributed by atoms with Crippen LogP contribution in [0.15, 0.2) is 4.99 Å². The molecule has 0 bridgehead atoms. The van der Waals surface area contributed by atoms with E-state index in [-0.39, 0.29) is 44.1 Å². The molecule has 16 heteroatoms. The van der Waals surface area contributed by atoms with E-state index in [1.165, 1.54) is 0 Å². The van der Waals surface area contributed by atoms with Gasteiger partial charge in [-0.05, 0) is 25.2 Å². The normalized spacial score (nSPS) is 14.7.